The van der Waals surface area contributed by atoms with E-state index in [4.69, 9.17) is 5.73 Å². The van der Waals surface area contributed by atoms with Crippen molar-refractivity contribution in [2.24, 2.45) is 5.73 Å². The van der Waals surface area contributed by atoms with E-state index in [1.54, 1.807) is 0 Å². The van der Waals surface area contributed by atoms with Gasteiger partial charge in [-0.15, -0.1) is 0 Å². The minimum absolute atomic E-state index is 0.0736. The van der Waals surface area contributed by atoms with Crippen molar-refractivity contribution in [3.05, 3.63) is 69.7 Å². The number of halogens is 1. The van der Waals surface area contributed by atoms with Gasteiger partial charge in [0.25, 0.3) is 0 Å². The van der Waals surface area contributed by atoms with E-state index in [0.29, 0.717) is 0 Å². The fourth-order valence-corrected chi connectivity index (χ4v) is 2.26. The van der Waals surface area contributed by atoms with Crippen molar-refractivity contribution in [3.8, 4) is 0 Å². The Labute approximate surface area is 104 Å². The summed E-state index contributed by atoms with van der Waals surface area (Å²) >= 11 is 3.60. The Morgan fingerprint density at radius 3 is 2.38 bits per heavy atom. The lowest BCUT2D eigenvalue weighted by Gasteiger charge is -2.15. The van der Waals surface area contributed by atoms with Crippen LogP contribution >= 0.6 is 15.9 Å². The molecule has 16 heavy (non-hydrogen) atoms. The van der Waals surface area contributed by atoms with E-state index in [2.05, 4.69) is 47.1 Å². The molecule has 1 unspecified atom stereocenters. The molecular formula is C14H14BrN. The van der Waals surface area contributed by atoms with Crippen LogP contribution in [0.2, 0.25) is 0 Å². The van der Waals surface area contributed by atoms with Crippen LogP contribution in [0.1, 0.15) is 22.7 Å². The average molecular weight is 276 g/mol. The Morgan fingerprint density at radius 2 is 1.69 bits per heavy atom. The Morgan fingerprint density at radius 1 is 1.00 bits per heavy atom. The van der Waals surface area contributed by atoms with Gasteiger partial charge in [-0.25, -0.2) is 0 Å². The van der Waals surface area contributed by atoms with Gasteiger partial charge in [0.1, 0.15) is 0 Å². The average Bonchev–Trinajstić information content (AvgIpc) is 2.33. The van der Waals surface area contributed by atoms with Gasteiger partial charge >= 0.3 is 0 Å². The molecule has 0 fully saturated rings. The summed E-state index contributed by atoms with van der Waals surface area (Å²) in [5, 5.41) is 0. The molecule has 82 valence electrons. The van der Waals surface area contributed by atoms with Gasteiger partial charge < -0.3 is 5.73 Å². The first-order valence-electron chi connectivity index (χ1n) is 5.25. The standard InChI is InChI=1S/C14H14BrN/c1-10-6-5-9-12(13(10)15)14(16)11-7-3-2-4-8-11/h2-9,14H,16H2,1H3. The van der Waals surface area contributed by atoms with Crippen molar-refractivity contribution in [2.75, 3.05) is 0 Å². The maximum atomic E-state index is 6.26. The number of benzene rings is 2. The Kier molecular flexibility index (Phi) is 3.42. The largest absolute Gasteiger partial charge is 0.320 e. The molecule has 2 aromatic rings. The summed E-state index contributed by atoms with van der Waals surface area (Å²) in [5.74, 6) is 0. The summed E-state index contributed by atoms with van der Waals surface area (Å²) in [6.45, 7) is 2.07. The number of hydrogen-bond donors (Lipinski definition) is 1. The molecule has 0 heterocycles. The fraction of sp³-hybridized carbons (Fsp3) is 0.143. The Balaban J connectivity index is 2.42. The van der Waals surface area contributed by atoms with Gasteiger partial charge in [-0.1, -0.05) is 64.5 Å². The van der Waals surface area contributed by atoms with E-state index >= 15 is 0 Å². The lowest BCUT2D eigenvalue weighted by Crippen LogP contribution is -2.12. The normalized spacial score (nSPS) is 12.4. The van der Waals surface area contributed by atoms with E-state index in [1.807, 2.05) is 24.3 Å². The second-order valence-corrected chi connectivity index (χ2v) is 4.66. The van der Waals surface area contributed by atoms with Gasteiger partial charge in [-0.2, -0.15) is 0 Å². The van der Waals surface area contributed by atoms with Crippen LogP contribution in [0.5, 0.6) is 0 Å². The Hall–Kier alpha value is -1.12. The summed E-state index contributed by atoms with van der Waals surface area (Å²) in [5.41, 5.74) is 9.73. The van der Waals surface area contributed by atoms with Gasteiger partial charge in [0, 0.05) is 4.47 Å². The highest BCUT2D eigenvalue weighted by Gasteiger charge is 2.12. The van der Waals surface area contributed by atoms with Crippen molar-refractivity contribution in [3.63, 3.8) is 0 Å². The summed E-state index contributed by atoms with van der Waals surface area (Å²) in [6, 6.07) is 16.2. The highest BCUT2D eigenvalue weighted by atomic mass is 79.9. The molecule has 0 aromatic heterocycles. The zero-order valence-electron chi connectivity index (χ0n) is 9.15. The molecule has 0 aliphatic heterocycles. The molecule has 2 aromatic carbocycles. The first-order valence-corrected chi connectivity index (χ1v) is 6.05. The van der Waals surface area contributed by atoms with Crippen LogP contribution in [0.25, 0.3) is 0 Å². The highest BCUT2D eigenvalue weighted by molar-refractivity contribution is 9.10. The van der Waals surface area contributed by atoms with Crippen LogP contribution in [0.4, 0.5) is 0 Å². The number of rotatable bonds is 2. The summed E-state index contributed by atoms with van der Waals surface area (Å²) < 4.78 is 1.10. The van der Waals surface area contributed by atoms with Crippen molar-refractivity contribution < 1.29 is 0 Å². The topological polar surface area (TPSA) is 26.0 Å². The van der Waals surface area contributed by atoms with E-state index in [9.17, 15) is 0 Å². The fourth-order valence-electron chi connectivity index (χ4n) is 1.75. The third-order valence-corrected chi connectivity index (χ3v) is 3.80. The van der Waals surface area contributed by atoms with E-state index in [1.165, 1.54) is 5.56 Å². The highest BCUT2D eigenvalue weighted by Crippen LogP contribution is 2.28. The van der Waals surface area contributed by atoms with Crippen LogP contribution < -0.4 is 5.73 Å². The molecule has 1 nitrogen and oxygen atoms in total. The third-order valence-electron chi connectivity index (χ3n) is 2.72. The molecular weight excluding hydrogens is 262 g/mol. The first kappa shape index (κ1) is 11.4. The summed E-state index contributed by atoms with van der Waals surface area (Å²) in [7, 11) is 0. The Bertz CT molecular complexity index is 479. The van der Waals surface area contributed by atoms with Crippen LogP contribution in [0, 0.1) is 6.92 Å². The molecule has 0 spiro atoms. The molecule has 0 aliphatic carbocycles. The molecule has 2 rings (SSSR count). The lowest BCUT2D eigenvalue weighted by atomic mass is 9.98. The smallest absolute Gasteiger partial charge is 0.0562 e. The minimum atomic E-state index is -0.0736. The molecule has 2 heteroatoms. The van der Waals surface area contributed by atoms with Gasteiger partial charge in [-0.3, -0.25) is 0 Å². The van der Waals surface area contributed by atoms with Crippen molar-refractivity contribution in [1.29, 1.82) is 0 Å². The maximum Gasteiger partial charge on any atom is 0.0562 e. The van der Waals surface area contributed by atoms with Gasteiger partial charge in [0.2, 0.25) is 0 Å². The number of nitrogens with two attached hydrogens (primary N) is 1. The van der Waals surface area contributed by atoms with Gasteiger partial charge in [0.15, 0.2) is 0 Å². The second-order valence-electron chi connectivity index (χ2n) is 3.87. The molecule has 0 bridgehead atoms. The zero-order chi connectivity index (χ0) is 11.5. The molecule has 0 amide bonds. The first-order chi connectivity index (χ1) is 7.70. The van der Waals surface area contributed by atoms with E-state index < -0.39 is 0 Å². The van der Waals surface area contributed by atoms with E-state index in [0.717, 1.165) is 15.6 Å². The van der Waals surface area contributed by atoms with E-state index in [-0.39, 0.29) is 6.04 Å². The summed E-state index contributed by atoms with van der Waals surface area (Å²) in [4.78, 5) is 0. The SMILES string of the molecule is Cc1cccc(C(N)c2ccccc2)c1Br. The predicted molar refractivity (Wildman–Crippen MR) is 71.4 cm³/mol. The van der Waals surface area contributed by atoms with Crippen LogP contribution in [-0.2, 0) is 0 Å². The molecule has 0 radical (unpaired) electrons. The van der Waals surface area contributed by atoms with Gasteiger partial charge in [-0.05, 0) is 23.6 Å². The van der Waals surface area contributed by atoms with Crippen LogP contribution in [0.3, 0.4) is 0 Å². The molecule has 0 saturated heterocycles. The second kappa shape index (κ2) is 4.81. The lowest BCUT2D eigenvalue weighted by molar-refractivity contribution is 0.863. The van der Waals surface area contributed by atoms with Crippen molar-refractivity contribution in [1.82, 2.24) is 0 Å². The minimum Gasteiger partial charge on any atom is -0.320 e. The molecule has 0 saturated carbocycles. The molecule has 2 N–H and O–H groups in total. The monoisotopic (exact) mass is 275 g/mol. The third kappa shape index (κ3) is 2.18. The number of hydrogen-bond acceptors (Lipinski definition) is 1. The zero-order valence-corrected chi connectivity index (χ0v) is 10.7. The molecule has 0 aliphatic rings. The quantitative estimate of drug-likeness (QED) is 0.887. The van der Waals surface area contributed by atoms with Gasteiger partial charge in [0.05, 0.1) is 6.04 Å². The maximum absolute atomic E-state index is 6.26. The van der Waals surface area contributed by atoms with Crippen LogP contribution in [0.15, 0.2) is 53.0 Å². The molecule has 1 atom stereocenters. The number of aryl methyl sites for hydroxylation is 1. The van der Waals surface area contributed by atoms with Crippen LogP contribution in [-0.4, -0.2) is 0 Å². The predicted octanol–water partition coefficient (Wildman–Crippen LogP) is 3.81. The van der Waals surface area contributed by atoms with Crippen molar-refractivity contribution in [2.45, 2.75) is 13.0 Å². The summed E-state index contributed by atoms with van der Waals surface area (Å²) in [6.07, 6.45) is 0. The van der Waals surface area contributed by atoms with Crippen molar-refractivity contribution >= 4 is 15.9 Å².